The number of nitrogens with one attached hydrogen (secondary N) is 1. The van der Waals surface area contributed by atoms with Crippen LogP contribution in [0.2, 0.25) is 0 Å². The Morgan fingerprint density at radius 1 is 1.43 bits per heavy atom. The summed E-state index contributed by atoms with van der Waals surface area (Å²) in [4.78, 5) is 3.44. The highest BCUT2D eigenvalue weighted by Crippen LogP contribution is 2.36. The standard InChI is InChI=1S/C15H21F3N2O/c1-10(2)8-13(11-5-7-19-9-11)21-12-4-3-6-20-14(12)15(16,17)18/h3-4,6,10-11,13,19H,5,7-9H2,1-2H3. The molecule has 1 N–H and O–H groups in total. The molecule has 2 heterocycles. The van der Waals surface area contributed by atoms with Crippen molar-refractivity contribution in [2.45, 2.75) is 39.0 Å². The Balaban J connectivity index is 2.20. The minimum atomic E-state index is -4.49. The van der Waals surface area contributed by atoms with Crippen molar-refractivity contribution in [2.75, 3.05) is 13.1 Å². The average Bonchev–Trinajstić information content (AvgIpc) is 2.90. The van der Waals surface area contributed by atoms with Crippen LogP contribution in [0.4, 0.5) is 13.2 Å². The quantitative estimate of drug-likeness (QED) is 0.904. The Hall–Kier alpha value is -1.30. The van der Waals surface area contributed by atoms with E-state index in [1.165, 1.54) is 12.1 Å². The second-order valence-electron chi connectivity index (χ2n) is 5.89. The molecule has 2 atom stereocenters. The van der Waals surface area contributed by atoms with Crippen LogP contribution in [0, 0.1) is 11.8 Å². The number of alkyl halides is 3. The Bertz CT molecular complexity index is 456. The first-order chi connectivity index (χ1) is 9.88. The third-order valence-electron chi connectivity index (χ3n) is 3.65. The second-order valence-corrected chi connectivity index (χ2v) is 5.89. The van der Waals surface area contributed by atoms with E-state index in [1.54, 1.807) is 0 Å². The average molecular weight is 302 g/mol. The van der Waals surface area contributed by atoms with Gasteiger partial charge in [-0.25, -0.2) is 4.98 Å². The van der Waals surface area contributed by atoms with Gasteiger partial charge in [0.25, 0.3) is 0 Å². The van der Waals surface area contributed by atoms with Crippen LogP contribution >= 0.6 is 0 Å². The largest absolute Gasteiger partial charge is 0.488 e. The first-order valence-electron chi connectivity index (χ1n) is 7.27. The third-order valence-corrected chi connectivity index (χ3v) is 3.65. The lowest BCUT2D eigenvalue weighted by atomic mass is 9.93. The number of nitrogens with zero attached hydrogens (tertiary/aromatic N) is 1. The molecule has 118 valence electrons. The topological polar surface area (TPSA) is 34.1 Å². The summed E-state index contributed by atoms with van der Waals surface area (Å²) < 4.78 is 44.7. The SMILES string of the molecule is CC(C)CC(Oc1cccnc1C(F)(F)F)C1CCNC1. The van der Waals surface area contributed by atoms with E-state index in [0.717, 1.165) is 32.1 Å². The minimum Gasteiger partial charge on any atom is -0.488 e. The van der Waals surface area contributed by atoms with Crippen LogP contribution in [-0.2, 0) is 6.18 Å². The van der Waals surface area contributed by atoms with E-state index in [0.29, 0.717) is 5.92 Å². The van der Waals surface area contributed by atoms with Crippen LogP contribution in [0.1, 0.15) is 32.4 Å². The number of hydrogen-bond acceptors (Lipinski definition) is 3. The van der Waals surface area contributed by atoms with Crippen LogP contribution in [0.5, 0.6) is 5.75 Å². The van der Waals surface area contributed by atoms with Crippen molar-refractivity contribution < 1.29 is 17.9 Å². The Morgan fingerprint density at radius 2 is 2.19 bits per heavy atom. The summed E-state index contributed by atoms with van der Waals surface area (Å²) in [5, 5.41) is 3.24. The third kappa shape index (κ3) is 4.33. The van der Waals surface area contributed by atoms with Gasteiger partial charge in [0.15, 0.2) is 11.4 Å². The molecule has 1 aromatic rings. The van der Waals surface area contributed by atoms with Gasteiger partial charge in [0.2, 0.25) is 0 Å². The van der Waals surface area contributed by atoms with E-state index in [2.05, 4.69) is 10.3 Å². The Kier molecular flexibility index (Phi) is 5.08. The number of rotatable bonds is 5. The molecule has 3 nitrogen and oxygen atoms in total. The molecule has 1 aliphatic rings. The van der Waals surface area contributed by atoms with Gasteiger partial charge >= 0.3 is 6.18 Å². The van der Waals surface area contributed by atoms with Gasteiger partial charge in [0, 0.05) is 18.7 Å². The molecular weight excluding hydrogens is 281 g/mol. The molecule has 6 heteroatoms. The van der Waals surface area contributed by atoms with E-state index >= 15 is 0 Å². The molecule has 0 aliphatic carbocycles. The first-order valence-corrected chi connectivity index (χ1v) is 7.27. The number of hydrogen-bond donors (Lipinski definition) is 1. The van der Waals surface area contributed by atoms with Gasteiger partial charge < -0.3 is 10.1 Å². The Morgan fingerprint density at radius 3 is 2.76 bits per heavy atom. The summed E-state index contributed by atoms with van der Waals surface area (Å²) in [5.41, 5.74) is -0.940. The van der Waals surface area contributed by atoms with Crippen LogP contribution in [0.3, 0.4) is 0 Å². The molecule has 0 radical (unpaired) electrons. The zero-order valence-electron chi connectivity index (χ0n) is 12.3. The molecule has 0 amide bonds. The fourth-order valence-electron chi connectivity index (χ4n) is 2.66. The van der Waals surface area contributed by atoms with Crippen molar-refractivity contribution in [3.05, 3.63) is 24.0 Å². The van der Waals surface area contributed by atoms with Gasteiger partial charge in [-0.05, 0) is 37.4 Å². The van der Waals surface area contributed by atoms with Crippen LogP contribution in [0.25, 0.3) is 0 Å². The zero-order chi connectivity index (χ0) is 15.5. The maximum atomic E-state index is 13.0. The van der Waals surface area contributed by atoms with E-state index < -0.39 is 11.9 Å². The molecule has 2 unspecified atom stereocenters. The lowest BCUT2D eigenvalue weighted by Crippen LogP contribution is -2.31. The first kappa shape index (κ1) is 16.1. The minimum absolute atomic E-state index is 0.164. The molecule has 1 saturated heterocycles. The highest BCUT2D eigenvalue weighted by molar-refractivity contribution is 5.29. The second kappa shape index (κ2) is 6.64. The molecular formula is C15H21F3N2O. The van der Waals surface area contributed by atoms with E-state index in [1.807, 2.05) is 13.8 Å². The monoisotopic (exact) mass is 302 g/mol. The molecule has 1 aromatic heterocycles. The van der Waals surface area contributed by atoms with Crippen molar-refractivity contribution in [2.24, 2.45) is 11.8 Å². The van der Waals surface area contributed by atoms with Crippen molar-refractivity contribution >= 4 is 0 Å². The summed E-state index contributed by atoms with van der Waals surface area (Å²) in [6.07, 6.45) is -1.90. The predicted octanol–water partition coefficient (Wildman–Crippen LogP) is 3.50. The highest BCUT2D eigenvalue weighted by atomic mass is 19.4. The van der Waals surface area contributed by atoms with Crippen LogP contribution < -0.4 is 10.1 Å². The van der Waals surface area contributed by atoms with E-state index in [-0.39, 0.29) is 17.8 Å². The normalized spacial score (nSPS) is 20.8. The summed E-state index contributed by atoms with van der Waals surface area (Å²) in [5.74, 6) is 0.442. The Labute approximate surface area is 122 Å². The summed E-state index contributed by atoms with van der Waals surface area (Å²) in [7, 11) is 0. The fourth-order valence-corrected chi connectivity index (χ4v) is 2.66. The van der Waals surface area contributed by atoms with Gasteiger partial charge in [-0.2, -0.15) is 13.2 Å². The summed E-state index contributed by atoms with van der Waals surface area (Å²) >= 11 is 0. The van der Waals surface area contributed by atoms with Crippen molar-refractivity contribution in [3.63, 3.8) is 0 Å². The molecule has 0 bridgehead atoms. The maximum Gasteiger partial charge on any atom is 0.437 e. The lowest BCUT2D eigenvalue weighted by molar-refractivity contribution is -0.143. The van der Waals surface area contributed by atoms with Gasteiger partial charge in [0.05, 0.1) is 0 Å². The fraction of sp³-hybridized carbons (Fsp3) is 0.667. The number of halogens is 3. The molecule has 0 spiro atoms. The van der Waals surface area contributed by atoms with Crippen LogP contribution in [0.15, 0.2) is 18.3 Å². The predicted molar refractivity (Wildman–Crippen MR) is 74.1 cm³/mol. The zero-order valence-corrected chi connectivity index (χ0v) is 12.3. The molecule has 0 aromatic carbocycles. The van der Waals surface area contributed by atoms with Gasteiger partial charge in [0.1, 0.15) is 6.10 Å². The van der Waals surface area contributed by atoms with Gasteiger partial charge in [-0.3, -0.25) is 0 Å². The molecule has 1 fully saturated rings. The number of aromatic nitrogens is 1. The number of pyridine rings is 1. The smallest absolute Gasteiger partial charge is 0.437 e. The van der Waals surface area contributed by atoms with Gasteiger partial charge in [-0.15, -0.1) is 0 Å². The van der Waals surface area contributed by atoms with Crippen molar-refractivity contribution in [1.82, 2.24) is 10.3 Å². The molecule has 1 aliphatic heterocycles. The van der Waals surface area contributed by atoms with Crippen molar-refractivity contribution in [1.29, 1.82) is 0 Å². The van der Waals surface area contributed by atoms with E-state index in [4.69, 9.17) is 4.74 Å². The summed E-state index contributed by atoms with van der Waals surface area (Å²) in [6, 6.07) is 2.83. The maximum absolute atomic E-state index is 13.0. The number of ether oxygens (including phenoxy) is 1. The summed E-state index contributed by atoms with van der Waals surface area (Å²) in [6.45, 7) is 5.78. The molecule has 21 heavy (non-hydrogen) atoms. The van der Waals surface area contributed by atoms with Crippen molar-refractivity contribution in [3.8, 4) is 5.75 Å². The lowest BCUT2D eigenvalue weighted by Gasteiger charge is -2.27. The molecule has 0 saturated carbocycles. The highest BCUT2D eigenvalue weighted by Gasteiger charge is 2.37. The van der Waals surface area contributed by atoms with Gasteiger partial charge in [-0.1, -0.05) is 13.8 Å². The molecule has 2 rings (SSSR count). The van der Waals surface area contributed by atoms with E-state index in [9.17, 15) is 13.2 Å². The van der Waals surface area contributed by atoms with Crippen LogP contribution in [-0.4, -0.2) is 24.2 Å².